The third kappa shape index (κ3) is 5.47. The maximum absolute atomic E-state index is 11.7. The maximum Gasteiger partial charge on any atom is 0.160 e. The van der Waals surface area contributed by atoms with E-state index in [1.54, 1.807) is 7.05 Å². The van der Waals surface area contributed by atoms with Gasteiger partial charge in [-0.3, -0.25) is 4.99 Å². The third-order valence-electron chi connectivity index (χ3n) is 1.44. The van der Waals surface area contributed by atoms with Gasteiger partial charge in [-0.2, -0.15) is 0 Å². The van der Waals surface area contributed by atoms with E-state index < -0.39 is 0 Å². The number of thioether (sulfide) groups is 1. The van der Waals surface area contributed by atoms with Gasteiger partial charge in [0.25, 0.3) is 0 Å². The lowest BCUT2D eigenvalue weighted by Gasteiger charge is -2.08. The second kappa shape index (κ2) is 7.86. The normalized spacial score (nSPS) is 13.8. The van der Waals surface area contributed by atoms with Gasteiger partial charge < -0.3 is 5.32 Å². The predicted molar refractivity (Wildman–Crippen MR) is 58.6 cm³/mol. The van der Waals surface area contributed by atoms with Crippen LogP contribution >= 0.6 is 11.8 Å². The summed E-state index contributed by atoms with van der Waals surface area (Å²) >= 11 is 1.53. The Morgan fingerprint density at radius 1 is 1.62 bits per heavy atom. The van der Waals surface area contributed by atoms with Crippen LogP contribution in [0.15, 0.2) is 29.2 Å². The minimum Gasteiger partial charge on any atom is -0.339 e. The molecule has 0 fully saturated rings. The van der Waals surface area contributed by atoms with E-state index in [-0.39, 0.29) is 0 Å². The van der Waals surface area contributed by atoms with Gasteiger partial charge in [0.1, 0.15) is 0 Å². The minimum absolute atomic E-state index is 0.549. The summed E-state index contributed by atoms with van der Waals surface area (Å²) in [6, 6.07) is 0. The van der Waals surface area contributed by atoms with Crippen molar-refractivity contribution in [2.45, 2.75) is 13.3 Å². The zero-order chi connectivity index (χ0) is 10.1. The number of nitrogens with zero attached hydrogens (tertiary/aromatic N) is 1. The molecule has 1 N–H and O–H groups in total. The van der Waals surface area contributed by atoms with Crippen LogP contribution in [-0.4, -0.2) is 18.5 Å². The maximum atomic E-state index is 11.7. The van der Waals surface area contributed by atoms with Crippen LogP contribution in [-0.2, 0) is 0 Å². The monoisotopic (exact) mass is 202 g/mol. The number of nitrogens with one attached hydrogen (secondary N) is 1. The predicted octanol–water partition coefficient (Wildman–Crippen LogP) is 2.70. The van der Waals surface area contributed by atoms with Crippen molar-refractivity contribution < 1.29 is 4.39 Å². The first-order valence-corrected chi connectivity index (χ1v) is 5.19. The summed E-state index contributed by atoms with van der Waals surface area (Å²) in [6.45, 7) is 1.90. The van der Waals surface area contributed by atoms with Crippen LogP contribution < -0.4 is 5.32 Å². The Hall–Kier alpha value is -0.770. The molecular weight excluding hydrogens is 187 g/mol. The zero-order valence-corrected chi connectivity index (χ0v) is 8.99. The molecule has 0 aromatic rings. The first kappa shape index (κ1) is 12.2. The molecule has 0 spiro atoms. The molecule has 2 nitrogen and oxygen atoms in total. The molecule has 0 aliphatic heterocycles. The van der Waals surface area contributed by atoms with Crippen molar-refractivity contribution in [2.24, 2.45) is 4.99 Å². The van der Waals surface area contributed by atoms with E-state index in [9.17, 15) is 4.39 Å². The van der Waals surface area contributed by atoms with E-state index in [2.05, 4.69) is 10.3 Å². The highest BCUT2D eigenvalue weighted by molar-refractivity contribution is 8.13. The Labute approximate surface area is 83.0 Å². The molecule has 0 rings (SSSR count). The van der Waals surface area contributed by atoms with Gasteiger partial charge in [0.15, 0.2) is 5.17 Å². The molecule has 0 bridgehead atoms. The Morgan fingerprint density at radius 2 is 2.31 bits per heavy atom. The van der Waals surface area contributed by atoms with Crippen molar-refractivity contribution in [2.75, 3.05) is 13.3 Å². The highest BCUT2D eigenvalue weighted by Gasteiger charge is 1.97. The Bertz CT molecular complexity index is 222. The fourth-order valence-electron chi connectivity index (χ4n) is 0.748. The van der Waals surface area contributed by atoms with Gasteiger partial charge in [-0.25, -0.2) is 4.39 Å². The van der Waals surface area contributed by atoms with E-state index in [0.717, 1.165) is 10.9 Å². The SMILES string of the molecule is C/C=C(/C/C=C/F)NC(=NC)SC. The van der Waals surface area contributed by atoms with Gasteiger partial charge in [-0.1, -0.05) is 23.9 Å². The number of aliphatic imine (C=N–C) groups is 1. The molecule has 0 amide bonds. The first-order chi connectivity index (χ1) is 6.28. The first-order valence-electron chi connectivity index (χ1n) is 3.96. The van der Waals surface area contributed by atoms with Crippen LogP contribution in [0.1, 0.15) is 13.3 Å². The zero-order valence-electron chi connectivity index (χ0n) is 8.17. The van der Waals surface area contributed by atoms with Crippen molar-refractivity contribution in [1.82, 2.24) is 5.32 Å². The van der Waals surface area contributed by atoms with Crippen molar-refractivity contribution in [3.05, 3.63) is 24.2 Å². The van der Waals surface area contributed by atoms with Gasteiger partial charge in [0, 0.05) is 19.2 Å². The molecule has 0 saturated carbocycles. The lowest BCUT2D eigenvalue weighted by molar-refractivity contribution is 0.715. The van der Waals surface area contributed by atoms with Crippen LogP contribution in [0.4, 0.5) is 4.39 Å². The van der Waals surface area contributed by atoms with Crippen LogP contribution in [0, 0.1) is 0 Å². The highest BCUT2D eigenvalue weighted by atomic mass is 32.2. The number of amidine groups is 1. The van der Waals surface area contributed by atoms with Gasteiger partial charge in [0.2, 0.25) is 0 Å². The van der Waals surface area contributed by atoms with E-state index in [1.165, 1.54) is 17.8 Å². The Kier molecular flexibility index (Phi) is 7.39. The van der Waals surface area contributed by atoms with Crippen molar-refractivity contribution in [3.63, 3.8) is 0 Å². The van der Waals surface area contributed by atoms with Crippen LogP contribution in [0.2, 0.25) is 0 Å². The molecule has 0 atom stereocenters. The number of allylic oxidation sites excluding steroid dienone is 2. The molecule has 13 heavy (non-hydrogen) atoms. The molecule has 4 heteroatoms. The molecule has 74 valence electrons. The second-order valence-electron chi connectivity index (χ2n) is 2.24. The number of halogens is 1. The van der Waals surface area contributed by atoms with E-state index in [0.29, 0.717) is 12.8 Å². The molecule has 0 aliphatic rings. The Balaban J connectivity index is 4.13. The fourth-order valence-corrected chi connectivity index (χ4v) is 1.16. The van der Waals surface area contributed by atoms with E-state index in [1.807, 2.05) is 19.3 Å². The fraction of sp³-hybridized carbons (Fsp3) is 0.444. The van der Waals surface area contributed by atoms with Crippen LogP contribution in [0.3, 0.4) is 0 Å². The van der Waals surface area contributed by atoms with E-state index >= 15 is 0 Å². The van der Waals surface area contributed by atoms with Gasteiger partial charge in [-0.15, -0.1) is 0 Å². The molecule has 0 aromatic carbocycles. The average Bonchev–Trinajstić information content (AvgIpc) is 2.19. The molecule has 0 radical (unpaired) electrons. The summed E-state index contributed by atoms with van der Waals surface area (Å²) in [5.41, 5.74) is 0.948. The van der Waals surface area contributed by atoms with E-state index in [4.69, 9.17) is 0 Å². The lowest BCUT2D eigenvalue weighted by atomic mass is 10.3. The van der Waals surface area contributed by atoms with Crippen LogP contribution in [0.25, 0.3) is 0 Å². The molecule has 0 aromatic heterocycles. The highest BCUT2D eigenvalue weighted by Crippen LogP contribution is 2.03. The van der Waals surface area contributed by atoms with Gasteiger partial charge in [-0.05, 0) is 13.2 Å². The lowest BCUT2D eigenvalue weighted by Crippen LogP contribution is -2.18. The number of hydrogen-bond acceptors (Lipinski definition) is 2. The average molecular weight is 202 g/mol. The smallest absolute Gasteiger partial charge is 0.160 e. The summed E-state index contributed by atoms with van der Waals surface area (Å²) in [5.74, 6) is 0. The molecule has 0 saturated heterocycles. The summed E-state index contributed by atoms with van der Waals surface area (Å²) in [6.07, 6.45) is 6.41. The minimum atomic E-state index is 0.549. The largest absolute Gasteiger partial charge is 0.339 e. The second-order valence-corrected chi connectivity index (χ2v) is 3.03. The summed E-state index contributed by atoms with van der Waals surface area (Å²) in [5, 5.41) is 3.93. The molecule has 0 unspecified atom stereocenters. The van der Waals surface area contributed by atoms with Crippen LogP contribution in [0.5, 0.6) is 0 Å². The summed E-state index contributed by atoms with van der Waals surface area (Å²) in [4.78, 5) is 4.01. The molecule has 0 aliphatic carbocycles. The molecule has 0 heterocycles. The number of rotatable bonds is 3. The molecular formula is C9H15FN2S. The standard InChI is InChI=1S/C9H15FN2S/c1-4-8(6-5-7-10)12-9(11-2)13-3/h4-5,7H,6H2,1-3H3,(H,11,12)/b7-5+,8-4-. The van der Waals surface area contributed by atoms with Crippen molar-refractivity contribution in [1.29, 1.82) is 0 Å². The quantitative estimate of drug-likeness (QED) is 0.562. The summed E-state index contributed by atoms with van der Waals surface area (Å²) < 4.78 is 11.7. The third-order valence-corrected chi connectivity index (χ3v) is 2.11. The summed E-state index contributed by atoms with van der Waals surface area (Å²) in [7, 11) is 1.72. The van der Waals surface area contributed by atoms with Gasteiger partial charge >= 0.3 is 0 Å². The Morgan fingerprint density at radius 3 is 2.69 bits per heavy atom. The topological polar surface area (TPSA) is 24.4 Å². The number of hydrogen-bond donors (Lipinski definition) is 1. The van der Waals surface area contributed by atoms with Crippen molar-refractivity contribution in [3.8, 4) is 0 Å². The van der Waals surface area contributed by atoms with Gasteiger partial charge in [0.05, 0.1) is 6.33 Å². The van der Waals surface area contributed by atoms with Crippen molar-refractivity contribution >= 4 is 16.9 Å².